The monoisotopic (exact) mass is 271 g/mol. The summed E-state index contributed by atoms with van der Waals surface area (Å²) < 4.78 is 5.66. The summed E-state index contributed by atoms with van der Waals surface area (Å²) in [5.74, 6) is 1.44. The first kappa shape index (κ1) is 12.3. The number of benzene rings is 2. The Morgan fingerprint density at radius 2 is 1.84 bits per heavy atom. The second kappa shape index (κ2) is 5.47. The summed E-state index contributed by atoms with van der Waals surface area (Å²) in [5.41, 5.74) is 2.65. The fraction of sp³-hybridized carbons (Fsp3) is 0.133. The first-order valence-electron chi connectivity index (χ1n) is 6.02. The van der Waals surface area contributed by atoms with Crippen LogP contribution >= 0.6 is 11.8 Å². The minimum absolute atomic E-state index is 0.0794. The fourth-order valence-electron chi connectivity index (χ4n) is 1.82. The maximum atomic E-state index is 8.99. The van der Waals surface area contributed by atoms with Gasteiger partial charge in [-0.05, 0) is 29.8 Å². The van der Waals surface area contributed by atoms with Crippen LogP contribution in [0.1, 0.15) is 11.5 Å². The molecule has 0 fully saturated rings. The van der Waals surface area contributed by atoms with Crippen LogP contribution in [-0.2, 0) is 12.4 Å². The van der Waals surface area contributed by atoms with Gasteiger partial charge in [0.2, 0.25) is 5.89 Å². The van der Waals surface area contributed by atoms with Gasteiger partial charge < -0.3 is 9.52 Å². The smallest absolute Gasteiger partial charge is 0.205 e. The first-order valence-corrected chi connectivity index (χ1v) is 7.01. The molecule has 0 atom stereocenters. The van der Waals surface area contributed by atoms with Gasteiger partial charge in [-0.25, -0.2) is 4.98 Å². The molecule has 4 heteroatoms. The number of hydrogen-bond donors (Lipinski definition) is 1. The largest absolute Gasteiger partial charge is 0.440 e. The van der Waals surface area contributed by atoms with Gasteiger partial charge in [0.15, 0.2) is 5.58 Å². The van der Waals surface area contributed by atoms with Gasteiger partial charge in [0, 0.05) is 4.90 Å². The van der Waals surface area contributed by atoms with Gasteiger partial charge in [0.05, 0.1) is 12.4 Å². The molecule has 0 aliphatic carbocycles. The molecule has 0 bridgehead atoms. The molecule has 0 saturated carbocycles. The van der Waals surface area contributed by atoms with Crippen molar-refractivity contribution in [1.29, 1.82) is 0 Å². The lowest BCUT2D eigenvalue weighted by Crippen LogP contribution is -1.83. The molecule has 0 aliphatic rings. The van der Waals surface area contributed by atoms with Crippen molar-refractivity contribution < 1.29 is 9.52 Å². The molecule has 0 unspecified atom stereocenters. The molecular formula is C15H13NO2S. The number of thioether (sulfide) groups is 1. The van der Waals surface area contributed by atoms with Gasteiger partial charge in [0.25, 0.3) is 0 Å². The maximum absolute atomic E-state index is 8.99. The Labute approximate surface area is 115 Å². The third-order valence-corrected chi connectivity index (χ3v) is 3.80. The number of oxazole rings is 1. The Balaban J connectivity index is 1.70. The molecule has 3 nitrogen and oxygen atoms in total. The minimum atomic E-state index is 0.0794. The SMILES string of the molecule is OCc1ccc(SCc2nc3ccccc3o2)cc1. The average Bonchev–Trinajstić information content (AvgIpc) is 2.88. The summed E-state index contributed by atoms with van der Waals surface area (Å²) in [5, 5.41) is 8.99. The number of rotatable bonds is 4. The third-order valence-electron chi connectivity index (χ3n) is 2.81. The van der Waals surface area contributed by atoms with E-state index in [2.05, 4.69) is 4.98 Å². The second-order valence-electron chi connectivity index (χ2n) is 4.17. The predicted octanol–water partition coefficient (Wildman–Crippen LogP) is 3.61. The molecule has 1 aromatic heterocycles. The molecule has 0 spiro atoms. The standard InChI is InChI=1S/C15H13NO2S/c17-9-11-5-7-12(8-6-11)19-10-15-16-13-3-1-2-4-14(13)18-15/h1-8,17H,9-10H2. The van der Waals surface area contributed by atoms with Crippen molar-refractivity contribution in [3.63, 3.8) is 0 Å². The summed E-state index contributed by atoms with van der Waals surface area (Å²) >= 11 is 1.67. The summed E-state index contributed by atoms with van der Waals surface area (Å²) in [6, 6.07) is 15.6. The molecule has 2 aromatic carbocycles. The lowest BCUT2D eigenvalue weighted by Gasteiger charge is -2.00. The topological polar surface area (TPSA) is 46.3 Å². The Bertz CT molecular complexity index is 643. The number of para-hydroxylation sites is 2. The fourth-order valence-corrected chi connectivity index (χ4v) is 2.56. The second-order valence-corrected chi connectivity index (χ2v) is 5.21. The van der Waals surface area contributed by atoms with E-state index in [-0.39, 0.29) is 6.61 Å². The zero-order valence-electron chi connectivity index (χ0n) is 10.2. The van der Waals surface area contributed by atoms with Crippen molar-refractivity contribution in [3.05, 3.63) is 60.0 Å². The predicted molar refractivity (Wildman–Crippen MR) is 75.9 cm³/mol. The van der Waals surface area contributed by atoms with E-state index in [9.17, 15) is 0 Å². The van der Waals surface area contributed by atoms with E-state index in [0.29, 0.717) is 5.75 Å². The summed E-state index contributed by atoms with van der Waals surface area (Å²) in [7, 11) is 0. The number of aliphatic hydroxyl groups is 1. The van der Waals surface area contributed by atoms with Gasteiger partial charge in [-0.2, -0.15) is 0 Å². The number of aliphatic hydroxyl groups excluding tert-OH is 1. The van der Waals surface area contributed by atoms with Gasteiger partial charge in [-0.15, -0.1) is 11.8 Å². The lowest BCUT2D eigenvalue weighted by atomic mass is 10.2. The van der Waals surface area contributed by atoms with Gasteiger partial charge in [0.1, 0.15) is 5.52 Å². The molecule has 19 heavy (non-hydrogen) atoms. The van der Waals surface area contributed by atoms with Crippen molar-refractivity contribution in [2.45, 2.75) is 17.3 Å². The van der Waals surface area contributed by atoms with Crippen molar-refractivity contribution in [1.82, 2.24) is 4.98 Å². The van der Waals surface area contributed by atoms with E-state index in [1.807, 2.05) is 48.5 Å². The van der Waals surface area contributed by atoms with E-state index in [1.54, 1.807) is 11.8 Å². The van der Waals surface area contributed by atoms with Crippen LogP contribution in [0.2, 0.25) is 0 Å². The molecule has 1 heterocycles. The summed E-state index contributed by atoms with van der Waals surface area (Å²) in [4.78, 5) is 5.57. The van der Waals surface area contributed by atoms with Crippen LogP contribution in [0, 0.1) is 0 Å². The molecule has 0 aliphatic heterocycles. The third kappa shape index (κ3) is 2.80. The molecule has 3 rings (SSSR count). The highest BCUT2D eigenvalue weighted by Crippen LogP contribution is 2.24. The zero-order chi connectivity index (χ0) is 13.1. The van der Waals surface area contributed by atoms with E-state index in [4.69, 9.17) is 9.52 Å². The summed E-state index contributed by atoms with van der Waals surface area (Å²) in [6.45, 7) is 0.0794. The van der Waals surface area contributed by atoms with Crippen LogP contribution in [0.15, 0.2) is 57.8 Å². The van der Waals surface area contributed by atoms with Crippen LogP contribution in [0.5, 0.6) is 0 Å². The maximum Gasteiger partial charge on any atom is 0.205 e. The minimum Gasteiger partial charge on any atom is -0.440 e. The number of nitrogens with zero attached hydrogens (tertiary/aromatic N) is 1. The Morgan fingerprint density at radius 1 is 1.05 bits per heavy atom. The van der Waals surface area contributed by atoms with E-state index in [1.165, 1.54) is 0 Å². The molecule has 0 amide bonds. The summed E-state index contributed by atoms with van der Waals surface area (Å²) in [6.07, 6.45) is 0. The van der Waals surface area contributed by atoms with Crippen LogP contribution in [0.3, 0.4) is 0 Å². The Morgan fingerprint density at radius 3 is 2.58 bits per heavy atom. The van der Waals surface area contributed by atoms with Crippen molar-refractivity contribution in [3.8, 4) is 0 Å². The van der Waals surface area contributed by atoms with Crippen molar-refractivity contribution >= 4 is 22.9 Å². The normalized spacial score (nSPS) is 11.0. The van der Waals surface area contributed by atoms with Gasteiger partial charge in [-0.1, -0.05) is 24.3 Å². The van der Waals surface area contributed by atoms with Crippen LogP contribution in [0.4, 0.5) is 0 Å². The van der Waals surface area contributed by atoms with E-state index >= 15 is 0 Å². The van der Waals surface area contributed by atoms with Crippen LogP contribution in [0.25, 0.3) is 11.1 Å². The van der Waals surface area contributed by atoms with E-state index < -0.39 is 0 Å². The number of aromatic nitrogens is 1. The van der Waals surface area contributed by atoms with Crippen LogP contribution < -0.4 is 0 Å². The molecule has 1 N–H and O–H groups in total. The highest BCUT2D eigenvalue weighted by molar-refractivity contribution is 7.98. The lowest BCUT2D eigenvalue weighted by molar-refractivity contribution is 0.282. The Hall–Kier alpha value is -1.78. The van der Waals surface area contributed by atoms with Gasteiger partial charge >= 0.3 is 0 Å². The molecule has 0 saturated heterocycles. The highest BCUT2D eigenvalue weighted by atomic mass is 32.2. The Kier molecular flexibility index (Phi) is 3.53. The molecule has 0 radical (unpaired) electrons. The quantitative estimate of drug-likeness (QED) is 0.736. The number of fused-ring (bicyclic) bond motifs is 1. The van der Waals surface area contributed by atoms with Crippen molar-refractivity contribution in [2.24, 2.45) is 0 Å². The van der Waals surface area contributed by atoms with Gasteiger partial charge in [-0.3, -0.25) is 0 Å². The highest BCUT2D eigenvalue weighted by Gasteiger charge is 2.05. The zero-order valence-corrected chi connectivity index (χ0v) is 11.1. The average molecular weight is 271 g/mol. The molecular weight excluding hydrogens is 258 g/mol. The van der Waals surface area contributed by atoms with Crippen molar-refractivity contribution in [2.75, 3.05) is 0 Å². The molecule has 96 valence electrons. The van der Waals surface area contributed by atoms with E-state index in [0.717, 1.165) is 27.4 Å². The first-order chi connectivity index (χ1) is 9.35. The van der Waals surface area contributed by atoms with Crippen LogP contribution in [-0.4, -0.2) is 10.1 Å². The molecule has 3 aromatic rings. The number of hydrogen-bond acceptors (Lipinski definition) is 4.